The molecule has 1 heterocycles. The Hall–Kier alpha value is -2.48. The van der Waals surface area contributed by atoms with Gasteiger partial charge in [0.1, 0.15) is 13.2 Å². The number of hydrogen-bond donors (Lipinski definition) is 1. The van der Waals surface area contributed by atoms with E-state index in [-0.39, 0.29) is 19.6 Å². The molecule has 0 aliphatic carbocycles. The van der Waals surface area contributed by atoms with Gasteiger partial charge in [-0.05, 0) is 17.5 Å². The van der Waals surface area contributed by atoms with Crippen molar-refractivity contribution in [2.45, 2.75) is 43.9 Å². The lowest BCUT2D eigenvalue weighted by Gasteiger charge is -2.31. The minimum atomic E-state index is -3.48. The van der Waals surface area contributed by atoms with Crippen molar-refractivity contribution >= 4 is 28.6 Å². The number of carbonyl (C=O) groups excluding carboxylic acids is 2. The van der Waals surface area contributed by atoms with Crippen LogP contribution in [-0.2, 0) is 36.5 Å². The summed E-state index contributed by atoms with van der Waals surface area (Å²) >= 11 is 0. The second-order valence-electron chi connectivity index (χ2n) is 8.25. The van der Waals surface area contributed by atoms with Crippen LogP contribution in [0.3, 0.4) is 0 Å². The fourth-order valence-corrected chi connectivity index (χ4v) is 10.1. The van der Waals surface area contributed by atoms with Gasteiger partial charge in [-0.25, -0.2) is 13.2 Å². The molecule has 0 bridgehead atoms. The van der Waals surface area contributed by atoms with Crippen LogP contribution in [0.5, 0.6) is 0 Å². The summed E-state index contributed by atoms with van der Waals surface area (Å²) < 4.78 is 36.4. The molecular weight excluding hydrogens is 477 g/mol. The minimum Gasteiger partial charge on any atom is -0.464 e. The van der Waals surface area contributed by atoms with E-state index in [1.807, 2.05) is 60.7 Å². The van der Waals surface area contributed by atoms with Gasteiger partial charge in [0.15, 0.2) is 9.46 Å². The molecule has 4 atom stereocenters. The highest BCUT2D eigenvalue weighted by molar-refractivity contribution is 8.49. The Morgan fingerprint density at radius 2 is 1.62 bits per heavy atom. The summed E-state index contributed by atoms with van der Waals surface area (Å²) in [6.07, 6.45) is 1.12. The first-order valence-corrected chi connectivity index (χ1v) is 15.0. The van der Waals surface area contributed by atoms with Crippen LogP contribution in [0.4, 0.5) is 4.79 Å². The summed E-state index contributed by atoms with van der Waals surface area (Å²) in [7, 11) is -5.14. The minimum absolute atomic E-state index is 0.0319. The molecule has 34 heavy (non-hydrogen) atoms. The maximum Gasteiger partial charge on any atom is 0.410 e. The molecule has 1 aliphatic heterocycles. The normalized spacial score (nSPS) is 21.1. The quantitative estimate of drug-likeness (QED) is 0.410. The summed E-state index contributed by atoms with van der Waals surface area (Å²) in [6, 6.07) is 17.1. The number of benzene rings is 2. The summed E-state index contributed by atoms with van der Waals surface area (Å²) in [5.74, 6) is -0.503. The number of ether oxygens (including phenoxy) is 2. The van der Waals surface area contributed by atoms with E-state index in [0.717, 1.165) is 11.1 Å². The van der Waals surface area contributed by atoms with Crippen LogP contribution >= 0.6 is 7.12 Å². The zero-order valence-electron chi connectivity index (χ0n) is 19.2. The molecule has 0 aromatic heterocycles. The van der Waals surface area contributed by atoms with E-state index >= 15 is 0 Å². The van der Waals surface area contributed by atoms with Gasteiger partial charge in [-0.2, -0.15) is 0 Å². The van der Waals surface area contributed by atoms with Crippen molar-refractivity contribution in [2.24, 2.45) is 0 Å². The van der Waals surface area contributed by atoms with Gasteiger partial charge < -0.3 is 14.6 Å². The second-order valence-corrected chi connectivity index (χ2v) is 14.9. The molecular formula is C24H30NO7PS. The van der Waals surface area contributed by atoms with Crippen LogP contribution in [0.1, 0.15) is 24.5 Å². The Bertz CT molecular complexity index is 1070. The van der Waals surface area contributed by atoms with E-state index in [9.17, 15) is 23.1 Å². The van der Waals surface area contributed by atoms with Crippen LogP contribution in [0.15, 0.2) is 60.7 Å². The highest BCUT2D eigenvalue weighted by atomic mass is 32.8. The largest absolute Gasteiger partial charge is 0.464 e. The molecule has 10 heteroatoms. The molecule has 1 saturated heterocycles. The number of esters is 1. The summed E-state index contributed by atoms with van der Waals surface area (Å²) in [5.41, 5.74) is 1.17. The Labute approximate surface area is 201 Å². The monoisotopic (exact) mass is 507 g/mol. The SMILES string of the molecule is CC(=O)OCC1C[C@H](P(Cc2ccccc2)S(C)(=O)=O)C(CO)N1C(=O)OCc1ccccc1. The smallest absolute Gasteiger partial charge is 0.410 e. The lowest BCUT2D eigenvalue weighted by molar-refractivity contribution is -0.142. The summed E-state index contributed by atoms with van der Waals surface area (Å²) in [6.45, 7) is 0.781. The molecule has 0 radical (unpaired) electrons. The number of amides is 1. The highest BCUT2D eigenvalue weighted by Crippen LogP contribution is 2.56. The molecule has 1 N–H and O–H groups in total. The van der Waals surface area contributed by atoms with E-state index in [4.69, 9.17) is 9.47 Å². The number of aliphatic hydroxyl groups is 1. The van der Waals surface area contributed by atoms with E-state index < -0.39 is 53.0 Å². The van der Waals surface area contributed by atoms with Crippen LogP contribution in [0, 0.1) is 0 Å². The number of rotatable bonds is 9. The van der Waals surface area contributed by atoms with Crippen molar-refractivity contribution in [3.05, 3.63) is 71.8 Å². The average molecular weight is 508 g/mol. The van der Waals surface area contributed by atoms with Crippen molar-refractivity contribution in [1.29, 1.82) is 0 Å². The van der Waals surface area contributed by atoms with Crippen LogP contribution < -0.4 is 0 Å². The predicted molar refractivity (Wildman–Crippen MR) is 130 cm³/mol. The Morgan fingerprint density at radius 1 is 1.03 bits per heavy atom. The van der Waals surface area contributed by atoms with Crippen molar-refractivity contribution in [1.82, 2.24) is 4.90 Å². The molecule has 0 spiro atoms. The molecule has 3 unspecified atom stereocenters. The Balaban J connectivity index is 1.87. The first-order chi connectivity index (χ1) is 16.2. The third kappa shape index (κ3) is 6.78. The van der Waals surface area contributed by atoms with Gasteiger partial charge in [-0.3, -0.25) is 9.69 Å². The van der Waals surface area contributed by atoms with Crippen molar-refractivity contribution in [3.63, 3.8) is 0 Å². The fourth-order valence-electron chi connectivity index (χ4n) is 4.21. The number of likely N-dealkylation sites (tertiary alicyclic amines) is 1. The van der Waals surface area contributed by atoms with Gasteiger partial charge in [0.2, 0.25) is 0 Å². The molecule has 184 valence electrons. The first kappa shape index (κ1) is 26.1. The molecule has 0 saturated carbocycles. The Morgan fingerprint density at radius 3 is 2.15 bits per heavy atom. The molecule has 1 aliphatic rings. The number of nitrogens with zero attached hydrogens (tertiary/aromatic N) is 1. The van der Waals surface area contributed by atoms with Gasteiger partial charge >= 0.3 is 12.1 Å². The van der Waals surface area contributed by atoms with E-state index in [2.05, 4.69) is 0 Å². The van der Waals surface area contributed by atoms with E-state index in [1.165, 1.54) is 18.1 Å². The van der Waals surface area contributed by atoms with E-state index in [1.54, 1.807) is 0 Å². The van der Waals surface area contributed by atoms with Crippen molar-refractivity contribution in [3.8, 4) is 0 Å². The topological polar surface area (TPSA) is 110 Å². The maximum atomic E-state index is 13.1. The molecule has 3 rings (SSSR count). The zero-order chi connectivity index (χ0) is 24.7. The highest BCUT2D eigenvalue weighted by Gasteiger charge is 2.50. The molecule has 2 aromatic carbocycles. The lowest BCUT2D eigenvalue weighted by Crippen LogP contribution is -2.47. The summed E-state index contributed by atoms with van der Waals surface area (Å²) in [5, 5.41) is 10.3. The van der Waals surface area contributed by atoms with Gasteiger partial charge in [0.05, 0.1) is 18.7 Å². The van der Waals surface area contributed by atoms with Crippen molar-refractivity contribution < 1.29 is 32.6 Å². The third-order valence-electron chi connectivity index (χ3n) is 5.77. The zero-order valence-corrected chi connectivity index (χ0v) is 21.0. The molecule has 1 amide bonds. The Kier molecular flexibility index (Phi) is 9.05. The van der Waals surface area contributed by atoms with Crippen LogP contribution in [0.2, 0.25) is 0 Å². The summed E-state index contributed by atoms with van der Waals surface area (Å²) in [4.78, 5) is 25.9. The predicted octanol–water partition coefficient (Wildman–Crippen LogP) is 3.33. The second kappa shape index (κ2) is 11.8. The molecule has 8 nitrogen and oxygen atoms in total. The van der Waals surface area contributed by atoms with Gasteiger partial charge in [-0.15, -0.1) is 0 Å². The average Bonchev–Trinajstić information content (AvgIpc) is 3.18. The van der Waals surface area contributed by atoms with Gasteiger partial charge in [0.25, 0.3) is 0 Å². The molecule has 1 fully saturated rings. The fraction of sp³-hybridized carbons (Fsp3) is 0.417. The lowest BCUT2D eigenvalue weighted by atomic mass is 10.2. The first-order valence-electron chi connectivity index (χ1n) is 10.9. The van der Waals surface area contributed by atoms with Gasteiger partial charge in [-0.1, -0.05) is 60.7 Å². The third-order valence-corrected chi connectivity index (χ3v) is 12.3. The standard InChI is InChI=1S/C24H30NO7PS/c1-18(27)31-16-21-13-23(33(34(2,29)30)17-20-11-7-4-8-12-20)22(14-26)25(21)24(28)32-15-19-9-5-3-6-10-19/h3-12,21-23,26H,13-17H2,1-2H3/t21?,22?,23-,33?/m0/s1. The number of carbonyl (C=O) groups is 2. The van der Waals surface area contributed by atoms with Crippen molar-refractivity contribution in [2.75, 3.05) is 19.5 Å². The molecule has 2 aromatic rings. The number of hydrogen-bond acceptors (Lipinski definition) is 7. The van der Waals surface area contributed by atoms with Crippen LogP contribution in [-0.4, -0.2) is 67.7 Å². The number of aliphatic hydroxyl groups excluding tert-OH is 1. The maximum absolute atomic E-state index is 13.1. The van der Waals surface area contributed by atoms with E-state index in [0.29, 0.717) is 6.16 Å². The van der Waals surface area contributed by atoms with Gasteiger partial charge in [0, 0.05) is 32.1 Å². The van der Waals surface area contributed by atoms with Crippen LogP contribution in [0.25, 0.3) is 0 Å².